The fourth-order valence-corrected chi connectivity index (χ4v) is 2.44. The smallest absolute Gasteiger partial charge is 0.185 e. The summed E-state index contributed by atoms with van der Waals surface area (Å²) in [6.07, 6.45) is 2.37. The van der Waals surface area contributed by atoms with Crippen molar-refractivity contribution < 1.29 is 9.21 Å². The fourth-order valence-electron chi connectivity index (χ4n) is 2.44. The number of carbonyl (C=O) groups excluding carboxylic acids is 1. The molecule has 0 bridgehead atoms. The van der Waals surface area contributed by atoms with E-state index in [1.165, 1.54) is 0 Å². The van der Waals surface area contributed by atoms with Gasteiger partial charge in [-0.2, -0.15) is 0 Å². The molecule has 4 heteroatoms. The third kappa shape index (κ3) is 2.25. The van der Waals surface area contributed by atoms with Crippen LogP contribution in [-0.2, 0) is 13.0 Å². The van der Waals surface area contributed by atoms with Crippen LogP contribution in [0, 0.1) is 0 Å². The van der Waals surface area contributed by atoms with Crippen LogP contribution in [-0.4, -0.2) is 15.8 Å². The van der Waals surface area contributed by atoms with Gasteiger partial charge in [-0.25, -0.2) is 4.98 Å². The van der Waals surface area contributed by atoms with Gasteiger partial charge in [0.25, 0.3) is 0 Å². The molecule has 102 valence electrons. The molecule has 0 aliphatic carbocycles. The van der Waals surface area contributed by atoms with Gasteiger partial charge in [0.05, 0.1) is 17.5 Å². The first-order valence-electron chi connectivity index (χ1n) is 6.80. The van der Waals surface area contributed by atoms with Crippen molar-refractivity contribution in [2.24, 2.45) is 0 Å². The molecule has 1 aromatic carbocycles. The van der Waals surface area contributed by atoms with Crippen molar-refractivity contribution in [2.45, 2.75) is 26.3 Å². The van der Waals surface area contributed by atoms with Crippen molar-refractivity contribution >= 4 is 17.3 Å². The van der Waals surface area contributed by atoms with E-state index in [4.69, 9.17) is 4.42 Å². The first-order valence-corrected chi connectivity index (χ1v) is 6.80. The summed E-state index contributed by atoms with van der Waals surface area (Å²) in [6, 6.07) is 11.6. The highest BCUT2D eigenvalue weighted by Gasteiger charge is 2.12. The van der Waals surface area contributed by atoms with Gasteiger partial charge in [-0.3, -0.25) is 4.79 Å². The van der Waals surface area contributed by atoms with Crippen LogP contribution in [0.4, 0.5) is 0 Å². The van der Waals surface area contributed by atoms with E-state index < -0.39 is 0 Å². The van der Waals surface area contributed by atoms with Gasteiger partial charge in [0.2, 0.25) is 0 Å². The number of aryl methyl sites for hydroxylation is 1. The number of hydrogen-bond donors (Lipinski definition) is 0. The topological polar surface area (TPSA) is 48.0 Å². The summed E-state index contributed by atoms with van der Waals surface area (Å²) in [4.78, 5) is 15.3. The second-order valence-electron chi connectivity index (χ2n) is 4.77. The van der Waals surface area contributed by atoms with Gasteiger partial charge >= 0.3 is 0 Å². The van der Waals surface area contributed by atoms with E-state index in [1.807, 2.05) is 24.3 Å². The molecule has 2 heterocycles. The molecule has 4 nitrogen and oxygen atoms in total. The molecule has 0 aliphatic heterocycles. The summed E-state index contributed by atoms with van der Waals surface area (Å²) in [7, 11) is 0. The van der Waals surface area contributed by atoms with Crippen LogP contribution in [0.5, 0.6) is 0 Å². The molecule has 0 spiro atoms. The van der Waals surface area contributed by atoms with Crippen LogP contribution >= 0.6 is 0 Å². The minimum Gasteiger partial charge on any atom is -0.458 e. The molecular weight excluding hydrogens is 252 g/mol. The number of fused-ring (bicyclic) bond motifs is 1. The number of furan rings is 1. The maximum atomic E-state index is 10.7. The van der Waals surface area contributed by atoms with Gasteiger partial charge in [0, 0.05) is 6.54 Å². The van der Waals surface area contributed by atoms with Crippen LogP contribution in [0.2, 0.25) is 0 Å². The van der Waals surface area contributed by atoms with Crippen LogP contribution in [0.1, 0.15) is 35.5 Å². The molecule has 3 rings (SSSR count). The lowest BCUT2D eigenvalue weighted by molar-refractivity contribution is 0.109. The SMILES string of the molecule is CCCn1c(Cc2ccc(C=O)o2)nc2ccccc21. The number of imidazole rings is 1. The summed E-state index contributed by atoms with van der Waals surface area (Å²) >= 11 is 0. The zero-order valence-corrected chi connectivity index (χ0v) is 11.4. The number of carbonyl (C=O) groups is 1. The van der Waals surface area contributed by atoms with E-state index in [0.717, 1.165) is 41.9 Å². The van der Waals surface area contributed by atoms with Crippen molar-refractivity contribution in [1.82, 2.24) is 9.55 Å². The molecule has 0 radical (unpaired) electrons. The van der Waals surface area contributed by atoms with Gasteiger partial charge in [-0.1, -0.05) is 19.1 Å². The van der Waals surface area contributed by atoms with Crippen LogP contribution in [0.15, 0.2) is 40.8 Å². The lowest BCUT2D eigenvalue weighted by Gasteiger charge is -2.06. The van der Waals surface area contributed by atoms with Crippen molar-refractivity contribution in [1.29, 1.82) is 0 Å². The van der Waals surface area contributed by atoms with Gasteiger partial charge in [0.1, 0.15) is 11.6 Å². The largest absolute Gasteiger partial charge is 0.458 e. The number of benzene rings is 1. The molecule has 0 aliphatic rings. The molecule has 0 fully saturated rings. The minimum absolute atomic E-state index is 0.359. The lowest BCUT2D eigenvalue weighted by atomic mass is 10.3. The van der Waals surface area contributed by atoms with Crippen molar-refractivity contribution in [3.8, 4) is 0 Å². The third-order valence-corrected chi connectivity index (χ3v) is 3.31. The summed E-state index contributed by atoms with van der Waals surface area (Å²) < 4.78 is 7.67. The summed E-state index contributed by atoms with van der Waals surface area (Å²) in [5.41, 5.74) is 2.14. The van der Waals surface area contributed by atoms with Crippen LogP contribution < -0.4 is 0 Å². The first-order chi connectivity index (χ1) is 9.81. The third-order valence-electron chi connectivity index (χ3n) is 3.31. The molecular formula is C16H16N2O2. The molecule has 3 aromatic rings. The predicted molar refractivity (Wildman–Crippen MR) is 76.9 cm³/mol. The second kappa shape index (κ2) is 5.33. The molecule has 0 amide bonds. The average Bonchev–Trinajstić information content (AvgIpc) is 3.05. The second-order valence-corrected chi connectivity index (χ2v) is 4.77. The summed E-state index contributed by atoms with van der Waals surface area (Å²) in [5.74, 6) is 2.10. The average molecular weight is 268 g/mol. The molecule has 20 heavy (non-hydrogen) atoms. The van der Waals surface area contributed by atoms with E-state index in [9.17, 15) is 4.79 Å². The Kier molecular flexibility index (Phi) is 3.37. The number of para-hydroxylation sites is 2. The Labute approximate surface area is 117 Å². The Balaban J connectivity index is 2.01. The Morgan fingerprint density at radius 2 is 2.10 bits per heavy atom. The number of aldehydes is 1. The fraction of sp³-hybridized carbons (Fsp3) is 0.250. The van der Waals surface area contributed by atoms with E-state index in [0.29, 0.717) is 12.2 Å². The number of aromatic nitrogens is 2. The van der Waals surface area contributed by atoms with Crippen LogP contribution in [0.3, 0.4) is 0 Å². The minimum atomic E-state index is 0.359. The first kappa shape index (κ1) is 12.7. The Hall–Kier alpha value is -2.36. The predicted octanol–water partition coefficient (Wildman–Crippen LogP) is 3.44. The van der Waals surface area contributed by atoms with Crippen molar-refractivity contribution in [3.05, 3.63) is 53.7 Å². The summed E-state index contributed by atoms with van der Waals surface area (Å²) in [6.45, 7) is 3.08. The lowest BCUT2D eigenvalue weighted by Crippen LogP contribution is -2.03. The maximum absolute atomic E-state index is 10.7. The Morgan fingerprint density at radius 3 is 2.85 bits per heavy atom. The van der Waals surface area contributed by atoms with Gasteiger partial charge < -0.3 is 8.98 Å². The molecule has 0 saturated heterocycles. The normalized spacial score (nSPS) is 11.1. The zero-order valence-electron chi connectivity index (χ0n) is 11.4. The molecule has 2 aromatic heterocycles. The highest BCUT2D eigenvalue weighted by Crippen LogP contribution is 2.19. The number of nitrogens with zero attached hydrogens (tertiary/aromatic N) is 2. The Morgan fingerprint density at radius 1 is 1.25 bits per heavy atom. The molecule has 0 unspecified atom stereocenters. The summed E-state index contributed by atoms with van der Waals surface area (Å²) in [5, 5.41) is 0. The van der Waals surface area contributed by atoms with E-state index in [-0.39, 0.29) is 0 Å². The van der Waals surface area contributed by atoms with E-state index in [2.05, 4.69) is 22.5 Å². The molecule has 0 N–H and O–H groups in total. The molecule has 0 saturated carbocycles. The zero-order chi connectivity index (χ0) is 13.9. The number of hydrogen-bond acceptors (Lipinski definition) is 3. The van der Waals surface area contributed by atoms with Gasteiger partial charge in [-0.05, 0) is 30.7 Å². The van der Waals surface area contributed by atoms with Crippen molar-refractivity contribution in [3.63, 3.8) is 0 Å². The molecule has 0 atom stereocenters. The highest BCUT2D eigenvalue weighted by molar-refractivity contribution is 5.76. The van der Waals surface area contributed by atoms with Gasteiger partial charge in [0.15, 0.2) is 12.0 Å². The number of rotatable bonds is 5. The quantitative estimate of drug-likeness (QED) is 0.666. The Bertz CT molecular complexity index is 740. The van der Waals surface area contributed by atoms with Gasteiger partial charge in [-0.15, -0.1) is 0 Å². The van der Waals surface area contributed by atoms with E-state index >= 15 is 0 Å². The monoisotopic (exact) mass is 268 g/mol. The van der Waals surface area contributed by atoms with Crippen molar-refractivity contribution in [2.75, 3.05) is 0 Å². The highest BCUT2D eigenvalue weighted by atomic mass is 16.3. The van der Waals surface area contributed by atoms with Crippen LogP contribution in [0.25, 0.3) is 11.0 Å². The standard InChI is InChI=1S/C16H16N2O2/c1-2-9-18-15-6-4-3-5-14(15)17-16(18)10-12-7-8-13(11-19)20-12/h3-8,11H,2,9-10H2,1H3. The maximum Gasteiger partial charge on any atom is 0.185 e. The van der Waals surface area contributed by atoms with E-state index in [1.54, 1.807) is 6.07 Å².